The number of amides is 3. The molecule has 0 unspecified atom stereocenters. The lowest BCUT2D eigenvalue weighted by Gasteiger charge is -2.23. The maximum absolute atomic E-state index is 11.9. The minimum absolute atomic E-state index is 0.220. The molecule has 5 nitrogen and oxygen atoms in total. The molecular formula is C15H29N3O2. The molecule has 3 amide bonds. The van der Waals surface area contributed by atoms with E-state index >= 15 is 0 Å². The highest BCUT2D eigenvalue weighted by Gasteiger charge is 2.30. The van der Waals surface area contributed by atoms with E-state index in [1.165, 1.54) is 12.8 Å². The summed E-state index contributed by atoms with van der Waals surface area (Å²) in [5, 5.41) is 5.14. The van der Waals surface area contributed by atoms with E-state index in [9.17, 15) is 9.59 Å². The van der Waals surface area contributed by atoms with Crippen LogP contribution in [0.1, 0.15) is 53.9 Å². The van der Waals surface area contributed by atoms with Crippen LogP contribution in [0.3, 0.4) is 0 Å². The molecule has 0 spiro atoms. The van der Waals surface area contributed by atoms with Crippen LogP contribution < -0.4 is 10.6 Å². The Labute approximate surface area is 122 Å². The SMILES string of the molecule is CC(C)CCN(CC(=O)NC(=O)NC(C)(C)C)C1CC1. The van der Waals surface area contributed by atoms with E-state index in [2.05, 4.69) is 29.4 Å². The monoisotopic (exact) mass is 283 g/mol. The first-order chi connectivity index (χ1) is 9.17. The van der Waals surface area contributed by atoms with E-state index in [0.717, 1.165) is 13.0 Å². The van der Waals surface area contributed by atoms with Crippen molar-refractivity contribution in [3.05, 3.63) is 0 Å². The fourth-order valence-corrected chi connectivity index (χ4v) is 1.98. The van der Waals surface area contributed by atoms with Gasteiger partial charge in [-0.2, -0.15) is 0 Å². The maximum Gasteiger partial charge on any atom is 0.321 e. The highest BCUT2D eigenvalue weighted by molar-refractivity contribution is 5.95. The first kappa shape index (κ1) is 17.0. The second-order valence-corrected chi connectivity index (χ2v) is 7.14. The van der Waals surface area contributed by atoms with Crippen molar-refractivity contribution in [2.75, 3.05) is 13.1 Å². The Morgan fingerprint density at radius 1 is 1.25 bits per heavy atom. The van der Waals surface area contributed by atoms with Crippen LogP contribution >= 0.6 is 0 Å². The third kappa shape index (κ3) is 7.48. The van der Waals surface area contributed by atoms with Crippen LogP contribution in [0.15, 0.2) is 0 Å². The second-order valence-electron chi connectivity index (χ2n) is 7.14. The number of nitrogens with one attached hydrogen (secondary N) is 2. The minimum atomic E-state index is -0.415. The molecule has 0 aromatic carbocycles. The van der Waals surface area contributed by atoms with Crippen LogP contribution in [0.4, 0.5) is 4.79 Å². The molecule has 5 heteroatoms. The molecule has 0 radical (unpaired) electrons. The number of imide groups is 1. The molecule has 116 valence electrons. The van der Waals surface area contributed by atoms with Crippen molar-refractivity contribution in [2.24, 2.45) is 5.92 Å². The van der Waals surface area contributed by atoms with Crippen LogP contribution in [-0.4, -0.2) is 41.5 Å². The molecule has 0 aliphatic heterocycles. The molecule has 2 N–H and O–H groups in total. The molecule has 0 bridgehead atoms. The Morgan fingerprint density at radius 3 is 2.30 bits per heavy atom. The number of rotatable bonds is 6. The van der Waals surface area contributed by atoms with E-state index in [4.69, 9.17) is 0 Å². The maximum atomic E-state index is 11.9. The lowest BCUT2D eigenvalue weighted by atomic mass is 10.1. The zero-order chi connectivity index (χ0) is 15.3. The van der Waals surface area contributed by atoms with Crippen molar-refractivity contribution in [3.8, 4) is 0 Å². The first-order valence-electron chi connectivity index (χ1n) is 7.53. The van der Waals surface area contributed by atoms with Gasteiger partial charge in [-0.05, 0) is 52.5 Å². The number of hydrogen-bond donors (Lipinski definition) is 2. The fraction of sp³-hybridized carbons (Fsp3) is 0.867. The number of hydrogen-bond acceptors (Lipinski definition) is 3. The van der Waals surface area contributed by atoms with Gasteiger partial charge in [0.2, 0.25) is 5.91 Å². The Hall–Kier alpha value is -1.10. The molecule has 1 aliphatic carbocycles. The molecule has 0 heterocycles. The van der Waals surface area contributed by atoms with Gasteiger partial charge in [0.15, 0.2) is 0 Å². The third-order valence-electron chi connectivity index (χ3n) is 3.15. The Bertz CT molecular complexity index is 344. The van der Waals surface area contributed by atoms with Crippen molar-refractivity contribution in [1.29, 1.82) is 0 Å². The molecule has 1 aliphatic rings. The van der Waals surface area contributed by atoms with Gasteiger partial charge >= 0.3 is 6.03 Å². The lowest BCUT2D eigenvalue weighted by Crippen LogP contribution is -2.50. The lowest BCUT2D eigenvalue weighted by molar-refractivity contribution is -0.121. The van der Waals surface area contributed by atoms with E-state index in [1.54, 1.807) is 0 Å². The molecule has 20 heavy (non-hydrogen) atoms. The fourth-order valence-electron chi connectivity index (χ4n) is 1.98. The summed E-state index contributed by atoms with van der Waals surface area (Å²) in [7, 11) is 0. The predicted octanol–water partition coefficient (Wildman–Crippen LogP) is 2.12. The van der Waals surface area contributed by atoms with Gasteiger partial charge in [0.25, 0.3) is 0 Å². The molecule has 0 aromatic rings. The molecule has 1 rings (SSSR count). The van der Waals surface area contributed by atoms with Crippen LogP contribution in [0.2, 0.25) is 0 Å². The van der Waals surface area contributed by atoms with E-state index in [1.807, 2.05) is 20.8 Å². The summed E-state index contributed by atoms with van der Waals surface area (Å²) < 4.78 is 0. The van der Waals surface area contributed by atoms with Crippen molar-refractivity contribution < 1.29 is 9.59 Å². The van der Waals surface area contributed by atoms with Crippen LogP contribution in [0.25, 0.3) is 0 Å². The summed E-state index contributed by atoms with van der Waals surface area (Å²) >= 11 is 0. The predicted molar refractivity (Wildman–Crippen MR) is 80.5 cm³/mol. The highest BCUT2D eigenvalue weighted by Crippen LogP contribution is 2.27. The smallest absolute Gasteiger partial charge is 0.321 e. The zero-order valence-electron chi connectivity index (χ0n) is 13.5. The van der Waals surface area contributed by atoms with E-state index in [-0.39, 0.29) is 11.4 Å². The van der Waals surface area contributed by atoms with E-state index < -0.39 is 6.03 Å². The number of carbonyl (C=O) groups is 2. The summed E-state index contributed by atoms with van der Waals surface area (Å²) in [4.78, 5) is 25.7. The van der Waals surface area contributed by atoms with Gasteiger partial charge in [-0.15, -0.1) is 0 Å². The van der Waals surface area contributed by atoms with Gasteiger partial charge in [0.1, 0.15) is 0 Å². The van der Waals surface area contributed by atoms with Crippen LogP contribution in [0, 0.1) is 5.92 Å². The summed E-state index contributed by atoms with van der Waals surface area (Å²) in [5.41, 5.74) is -0.335. The molecule has 1 fully saturated rings. The Morgan fingerprint density at radius 2 is 1.85 bits per heavy atom. The van der Waals surface area contributed by atoms with Gasteiger partial charge in [-0.25, -0.2) is 4.79 Å². The van der Waals surface area contributed by atoms with Crippen molar-refractivity contribution in [3.63, 3.8) is 0 Å². The summed E-state index contributed by atoms with van der Waals surface area (Å²) in [6.45, 7) is 11.3. The normalized spacial score (nSPS) is 15.6. The topological polar surface area (TPSA) is 61.4 Å². The second kappa shape index (κ2) is 7.07. The number of carbonyl (C=O) groups excluding carboxylic acids is 2. The zero-order valence-corrected chi connectivity index (χ0v) is 13.5. The largest absolute Gasteiger partial charge is 0.333 e. The first-order valence-corrected chi connectivity index (χ1v) is 7.53. The standard InChI is InChI=1S/C15H29N3O2/c1-11(2)8-9-18(12-6-7-12)10-13(19)16-14(20)17-15(3,4)5/h11-12H,6-10H2,1-5H3,(H2,16,17,19,20). The average molecular weight is 283 g/mol. The van der Waals surface area contributed by atoms with Gasteiger partial charge in [-0.3, -0.25) is 15.0 Å². The summed E-state index contributed by atoms with van der Waals surface area (Å²) in [6.07, 6.45) is 3.41. The highest BCUT2D eigenvalue weighted by atomic mass is 16.2. The van der Waals surface area contributed by atoms with Gasteiger partial charge in [0, 0.05) is 11.6 Å². The molecule has 0 aromatic heterocycles. The Balaban J connectivity index is 2.36. The molecule has 1 saturated carbocycles. The summed E-state index contributed by atoms with van der Waals surface area (Å²) in [6, 6.07) is 0.118. The van der Waals surface area contributed by atoms with Crippen LogP contribution in [-0.2, 0) is 4.79 Å². The van der Waals surface area contributed by atoms with Gasteiger partial charge < -0.3 is 5.32 Å². The quantitative estimate of drug-likeness (QED) is 0.785. The van der Waals surface area contributed by atoms with Crippen molar-refractivity contribution >= 4 is 11.9 Å². The molecular weight excluding hydrogens is 254 g/mol. The number of nitrogens with zero attached hydrogens (tertiary/aromatic N) is 1. The van der Waals surface area contributed by atoms with Crippen LogP contribution in [0.5, 0.6) is 0 Å². The van der Waals surface area contributed by atoms with E-state index in [0.29, 0.717) is 18.5 Å². The average Bonchev–Trinajstić information content (AvgIpc) is 3.04. The third-order valence-corrected chi connectivity index (χ3v) is 3.15. The van der Waals surface area contributed by atoms with Crippen molar-refractivity contribution in [2.45, 2.75) is 65.5 Å². The van der Waals surface area contributed by atoms with Gasteiger partial charge in [-0.1, -0.05) is 13.8 Å². The molecule has 0 saturated heterocycles. The van der Waals surface area contributed by atoms with Gasteiger partial charge in [0.05, 0.1) is 6.54 Å². The summed E-state index contributed by atoms with van der Waals surface area (Å²) in [5.74, 6) is 0.408. The molecule has 0 atom stereocenters. The number of urea groups is 1. The Kier molecular flexibility index (Phi) is 5.99. The van der Waals surface area contributed by atoms with Crippen molar-refractivity contribution in [1.82, 2.24) is 15.5 Å². The minimum Gasteiger partial charge on any atom is -0.333 e.